The van der Waals surface area contributed by atoms with E-state index in [1.165, 1.54) is 0 Å². The third kappa shape index (κ3) is 3.24. The molecule has 2 aliphatic rings. The molecule has 130 valence electrons. The van der Waals surface area contributed by atoms with Crippen molar-refractivity contribution in [3.8, 4) is 0 Å². The van der Waals surface area contributed by atoms with Crippen LogP contribution < -0.4 is 10.6 Å². The molecule has 0 aliphatic carbocycles. The number of rotatable bonds is 3. The molecule has 2 amide bonds. The van der Waals surface area contributed by atoms with Crippen LogP contribution >= 0.6 is 0 Å². The summed E-state index contributed by atoms with van der Waals surface area (Å²) in [5.41, 5.74) is 0.780. The lowest BCUT2D eigenvalue weighted by molar-refractivity contribution is -0.138. The maximum absolute atomic E-state index is 12.8. The molecule has 2 aromatic carbocycles. The second-order valence-corrected chi connectivity index (χ2v) is 6.89. The van der Waals surface area contributed by atoms with E-state index in [0.717, 1.165) is 48.7 Å². The molecule has 5 heteroatoms. The van der Waals surface area contributed by atoms with E-state index >= 15 is 0 Å². The van der Waals surface area contributed by atoms with Crippen LogP contribution in [-0.4, -0.2) is 41.9 Å². The Morgan fingerprint density at radius 2 is 1.88 bits per heavy atom. The van der Waals surface area contributed by atoms with E-state index in [1.807, 2.05) is 42.5 Å². The maximum atomic E-state index is 12.8. The molecule has 0 saturated carbocycles. The average molecular weight is 337 g/mol. The van der Waals surface area contributed by atoms with Crippen molar-refractivity contribution in [1.82, 2.24) is 10.2 Å². The Balaban J connectivity index is 1.48. The molecule has 0 spiro atoms. The van der Waals surface area contributed by atoms with Crippen molar-refractivity contribution >= 4 is 28.3 Å². The standard InChI is InChI=1S/C20H23N3O2/c24-19(22-16-10-9-14-5-1-2-6-15(14)13-16)18-8-4-12-23(18)20(25)17-7-3-11-21-17/h1-2,5-6,9-10,13,17-18,21H,3-4,7-8,11-12H2,(H,22,24). The van der Waals surface area contributed by atoms with Crippen molar-refractivity contribution in [3.05, 3.63) is 42.5 Å². The van der Waals surface area contributed by atoms with E-state index in [-0.39, 0.29) is 23.9 Å². The molecule has 2 atom stereocenters. The van der Waals surface area contributed by atoms with Crippen LogP contribution in [0, 0.1) is 0 Å². The quantitative estimate of drug-likeness (QED) is 0.905. The van der Waals surface area contributed by atoms with Gasteiger partial charge in [0.2, 0.25) is 11.8 Å². The van der Waals surface area contributed by atoms with Crippen LogP contribution in [0.5, 0.6) is 0 Å². The number of carbonyl (C=O) groups excluding carboxylic acids is 2. The molecule has 25 heavy (non-hydrogen) atoms. The Hall–Kier alpha value is -2.40. The number of fused-ring (bicyclic) bond motifs is 1. The summed E-state index contributed by atoms with van der Waals surface area (Å²) in [5.74, 6) is -0.00668. The zero-order chi connectivity index (χ0) is 17.2. The molecule has 2 saturated heterocycles. The van der Waals surface area contributed by atoms with Gasteiger partial charge in [-0.05, 0) is 55.1 Å². The Bertz CT molecular complexity index is 798. The minimum Gasteiger partial charge on any atom is -0.329 e. The van der Waals surface area contributed by atoms with Gasteiger partial charge in [-0.1, -0.05) is 30.3 Å². The summed E-state index contributed by atoms with van der Waals surface area (Å²) in [6.07, 6.45) is 3.51. The fraction of sp³-hybridized carbons (Fsp3) is 0.400. The Kier molecular flexibility index (Phi) is 4.40. The molecule has 0 radical (unpaired) electrons. The molecule has 0 bridgehead atoms. The summed E-state index contributed by atoms with van der Waals surface area (Å²) < 4.78 is 0. The maximum Gasteiger partial charge on any atom is 0.247 e. The van der Waals surface area contributed by atoms with Crippen molar-refractivity contribution in [2.45, 2.75) is 37.8 Å². The van der Waals surface area contributed by atoms with Gasteiger partial charge in [0.15, 0.2) is 0 Å². The number of anilines is 1. The van der Waals surface area contributed by atoms with Crippen LogP contribution in [0.15, 0.2) is 42.5 Å². The van der Waals surface area contributed by atoms with Crippen LogP contribution in [0.2, 0.25) is 0 Å². The number of benzene rings is 2. The predicted octanol–water partition coefficient (Wildman–Crippen LogP) is 2.52. The van der Waals surface area contributed by atoms with E-state index < -0.39 is 0 Å². The number of hydrogen-bond acceptors (Lipinski definition) is 3. The second kappa shape index (κ2) is 6.84. The molecular weight excluding hydrogens is 314 g/mol. The Morgan fingerprint density at radius 3 is 2.68 bits per heavy atom. The summed E-state index contributed by atoms with van der Waals surface area (Å²) in [6, 6.07) is 13.5. The first-order valence-electron chi connectivity index (χ1n) is 9.06. The fourth-order valence-corrected chi connectivity index (χ4v) is 3.89. The van der Waals surface area contributed by atoms with E-state index in [0.29, 0.717) is 6.54 Å². The lowest BCUT2D eigenvalue weighted by Crippen LogP contribution is -2.49. The lowest BCUT2D eigenvalue weighted by Gasteiger charge is -2.26. The Morgan fingerprint density at radius 1 is 1.04 bits per heavy atom. The van der Waals surface area contributed by atoms with Gasteiger partial charge in [0, 0.05) is 12.2 Å². The fourth-order valence-electron chi connectivity index (χ4n) is 3.89. The number of carbonyl (C=O) groups is 2. The van der Waals surface area contributed by atoms with Crippen LogP contribution in [0.3, 0.4) is 0 Å². The molecule has 2 aromatic rings. The summed E-state index contributed by atoms with van der Waals surface area (Å²) in [6.45, 7) is 1.56. The molecule has 2 aliphatic heterocycles. The van der Waals surface area contributed by atoms with Gasteiger partial charge >= 0.3 is 0 Å². The molecule has 5 nitrogen and oxygen atoms in total. The van der Waals surface area contributed by atoms with Gasteiger partial charge < -0.3 is 15.5 Å². The van der Waals surface area contributed by atoms with Crippen molar-refractivity contribution in [3.63, 3.8) is 0 Å². The number of likely N-dealkylation sites (tertiary alicyclic amines) is 1. The van der Waals surface area contributed by atoms with E-state index in [9.17, 15) is 9.59 Å². The smallest absolute Gasteiger partial charge is 0.247 e. The highest BCUT2D eigenvalue weighted by molar-refractivity contribution is 5.99. The zero-order valence-corrected chi connectivity index (χ0v) is 14.2. The monoisotopic (exact) mass is 337 g/mol. The number of hydrogen-bond donors (Lipinski definition) is 2. The molecule has 2 heterocycles. The van der Waals surface area contributed by atoms with Crippen molar-refractivity contribution in [1.29, 1.82) is 0 Å². The topological polar surface area (TPSA) is 61.4 Å². The normalized spacial score (nSPS) is 23.1. The third-order valence-corrected chi connectivity index (χ3v) is 5.21. The molecular formula is C20H23N3O2. The SMILES string of the molecule is O=C(Nc1ccc2ccccc2c1)C1CCCN1C(=O)C1CCCN1. The van der Waals surface area contributed by atoms with Crippen molar-refractivity contribution in [2.75, 3.05) is 18.4 Å². The largest absolute Gasteiger partial charge is 0.329 e. The van der Waals surface area contributed by atoms with Gasteiger partial charge in [-0.25, -0.2) is 0 Å². The molecule has 2 unspecified atom stereocenters. The van der Waals surface area contributed by atoms with E-state index in [1.54, 1.807) is 4.90 Å². The van der Waals surface area contributed by atoms with Crippen molar-refractivity contribution < 1.29 is 9.59 Å². The highest BCUT2D eigenvalue weighted by Crippen LogP contribution is 2.23. The van der Waals surface area contributed by atoms with Gasteiger partial charge in [-0.15, -0.1) is 0 Å². The summed E-state index contributed by atoms with van der Waals surface area (Å²) in [5, 5.41) is 8.47. The van der Waals surface area contributed by atoms with Gasteiger partial charge in [0.25, 0.3) is 0 Å². The van der Waals surface area contributed by atoms with Gasteiger partial charge in [-0.2, -0.15) is 0 Å². The first-order chi connectivity index (χ1) is 12.2. The molecule has 2 fully saturated rings. The number of nitrogens with zero attached hydrogens (tertiary/aromatic N) is 1. The average Bonchev–Trinajstić information content (AvgIpc) is 3.33. The summed E-state index contributed by atoms with van der Waals surface area (Å²) in [4.78, 5) is 27.2. The zero-order valence-electron chi connectivity index (χ0n) is 14.2. The second-order valence-electron chi connectivity index (χ2n) is 6.89. The first kappa shape index (κ1) is 16.1. The van der Waals surface area contributed by atoms with Gasteiger partial charge in [-0.3, -0.25) is 9.59 Å². The summed E-state index contributed by atoms with van der Waals surface area (Å²) >= 11 is 0. The van der Waals surface area contributed by atoms with Crippen molar-refractivity contribution in [2.24, 2.45) is 0 Å². The third-order valence-electron chi connectivity index (χ3n) is 5.21. The summed E-state index contributed by atoms with van der Waals surface area (Å²) in [7, 11) is 0. The lowest BCUT2D eigenvalue weighted by atomic mass is 10.1. The first-order valence-corrected chi connectivity index (χ1v) is 9.06. The van der Waals surface area contributed by atoms with Gasteiger partial charge in [0.05, 0.1) is 6.04 Å². The molecule has 0 aromatic heterocycles. The Labute approximate surface area is 147 Å². The van der Waals surface area contributed by atoms with Crippen LogP contribution in [0.4, 0.5) is 5.69 Å². The highest BCUT2D eigenvalue weighted by Gasteiger charge is 2.37. The molecule has 4 rings (SSSR count). The highest BCUT2D eigenvalue weighted by atomic mass is 16.2. The van der Waals surface area contributed by atoms with E-state index in [4.69, 9.17) is 0 Å². The van der Waals surface area contributed by atoms with Crippen LogP contribution in [-0.2, 0) is 9.59 Å². The number of amides is 2. The van der Waals surface area contributed by atoms with E-state index in [2.05, 4.69) is 10.6 Å². The number of nitrogens with one attached hydrogen (secondary N) is 2. The van der Waals surface area contributed by atoms with Crippen LogP contribution in [0.1, 0.15) is 25.7 Å². The van der Waals surface area contributed by atoms with Crippen LogP contribution in [0.25, 0.3) is 10.8 Å². The predicted molar refractivity (Wildman–Crippen MR) is 98.3 cm³/mol. The molecule has 2 N–H and O–H groups in total. The van der Waals surface area contributed by atoms with Gasteiger partial charge in [0.1, 0.15) is 6.04 Å². The minimum atomic E-state index is -0.360. The minimum absolute atomic E-state index is 0.0775.